The van der Waals surface area contributed by atoms with Crippen molar-refractivity contribution >= 4 is 33.3 Å². The molecule has 0 unspecified atom stereocenters. The molecule has 1 aliphatic rings. The van der Waals surface area contributed by atoms with Gasteiger partial charge >= 0.3 is 0 Å². The highest BCUT2D eigenvalue weighted by Crippen LogP contribution is 2.42. The first-order chi connectivity index (χ1) is 14.5. The van der Waals surface area contributed by atoms with Gasteiger partial charge in [-0.15, -0.1) is 11.3 Å². The minimum atomic E-state index is -0.620. The molecule has 1 atom stereocenters. The first-order valence-electron chi connectivity index (χ1n) is 9.45. The first-order valence-corrected chi connectivity index (χ1v) is 10.3. The highest BCUT2D eigenvalue weighted by molar-refractivity contribution is 7.14. The number of amides is 1. The average Bonchev–Trinajstić information content (AvgIpc) is 3.30. The Labute approximate surface area is 176 Å². The van der Waals surface area contributed by atoms with Crippen molar-refractivity contribution < 1.29 is 13.9 Å². The number of methoxy groups -OCH3 is 1. The van der Waals surface area contributed by atoms with Crippen LogP contribution in [0.4, 0.5) is 5.13 Å². The fourth-order valence-electron chi connectivity index (χ4n) is 3.84. The highest BCUT2D eigenvalue weighted by atomic mass is 32.1. The van der Waals surface area contributed by atoms with E-state index in [1.54, 1.807) is 24.1 Å². The maximum Gasteiger partial charge on any atom is 0.297 e. The number of carbonyl (C=O) groups is 1. The lowest BCUT2D eigenvalue weighted by molar-refractivity contribution is 0.0971. The molecule has 0 spiro atoms. The van der Waals surface area contributed by atoms with E-state index >= 15 is 0 Å². The second kappa shape index (κ2) is 6.81. The van der Waals surface area contributed by atoms with Gasteiger partial charge in [-0.1, -0.05) is 23.8 Å². The minimum Gasteiger partial charge on any atom is -0.497 e. The molecule has 0 N–H and O–H groups in total. The van der Waals surface area contributed by atoms with Crippen LogP contribution in [0.3, 0.4) is 0 Å². The molecule has 0 fully saturated rings. The largest absolute Gasteiger partial charge is 0.497 e. The Kier molecular flexibility index (Phi) is 4.22. The molecular weight excluding hydrogens is 400 g/mol. The van der Waals surface area contributed by atoms with Crippen LogP contribution in [-0.4, -0.2) is 18.0 Å². The van der Waals surface area contributed by atoms with E-state index in [1.807, 2.05) is 49.6 Å². The van der Waals surface area contributed by atoms with Gasteiger partial charge in [-0.2, -0.15) is 0 Å². The number of anilines is 1. The third-order valence-electron chi connectivity index (χ3n) is 5.27. The van der Waals surface area contributed by atoms with Crippen LogP contribution >= 0.6 is 11.3 Å². The van der Waals surface area contributed by atoms with Crippen LogP contribution in [0.1, 0.15) is 39.0 Å². The molecule has 150 valence electrons. The van der Waals surface area contributed by atoms with Gasteiger partial charge in [0.2, 0.25) is 5.76 Å². The number of carbonyl (C=O) groups excluding carboxylic acids is 1. The second-order valence-corrected chi connectivity index (χ2v) is 8.13. The maximum absolute atomic E-state index is 13.5. The van der Waals surface area contributed by atoms with E-state index < -0.39 is 6.04 Å². The van der Waals surface area contributed by atoms with Crippen molar-refractivity contribution in [2.45, 2.75) is 19.9 Å². The van der Waals surface area contributed by atoms with Crippen LogP contribution in [0.25, 0.3) is 11.0 Å². The Morgan fingerprint density at radius 2 is 1.87 bits per heavy atom. The Balaban J connectivity index is 1.80. The lowest BCUT2D eigenvalue weighted by atomic mass is 9.98. The molecule has 4 aromatic rings. The van der Waals surface area contributed by atoms with Gasteiger partial charge in [-0.05, 0) is 43.7 Å². The van der Waals surface area contributed by atoms with Crippen LogP contribution in [0.15, 0.2) is 57.1 Å². The Morgan fingerprint density at radius 1 is 1.10 bits per heavy atom. The molecule has 1 aliphatic heterocycles. The van der Waals surface area contributed by atoms with Gasteiger partial charge in [0, 0.05) is 5.38 Å². The summed E-state index contributed by atoms with van der Waals surface area (Å²) >= 11 is 1.37. The molecule has 30 heavy (non-hydrogen) atoms. The average molecular weight is 418 g/mol. The number of thiazole rings is 1. The standard InChI is InChI=1S/C23H18N2O4S/c1-12-4-9-17-16(10-12)20(26)18-19(14-5-7-15(28-3)8-6-14)25(22(27)21(18)29-17)23-24-13(2)11-30-23/h4-11,19H,1-3H3/t19-/m0/s1. The van der Waals surface area contributed by atoms with Gasteiger partial charge in [0.15, 0.2) is 10.6 Å². The van der Waals surface area contributed by atoms with Gasteiger partial charge in [0.05, 0.1) is 29.8 Å². The lowest BCUT2D eigenvalue weighted by Gasteiger charge is -2.22. The van der Waals surface area contributed by atoms with Gasteiger partial charge < -0.3 is 9.15 Å². The maximum atomic E-state index is 13.5. The third kappa shape index (κ3) is 2.74. The zero-order valence-corrected chi connectivity index (χ0v) is 17.4. The number of hydrogen-bond donors (Lipinski definition) is 0. The molecule has 1 amide bonds. The Bertz CT molecular complexity index is 1350. The molecule has 6 nitrogen and oxygen atoms in total. The highest BCUT2D eigenvalue weighted by Gasteiger charge is 2.44. The molecule has 7 heteroatoms. The molecule has 2 aromatic carbocycles. The normalized spacial score (nSPS) is 15.6. The number of fused-ring (bicyclic) bond motifs is 2. The fourth-order valence-corrected chi connectivity index (χ4v) is 4.67. The zero-order valence-electron chi connectivity index (χ0n) is 16.6. The van der Waals surface area contributed by atoms with Gasteiger partial charge in [0.1, 0.15) is 11.3 Å². The van der Waals surface area contributed by atoms with Crippen LogP contribution in [0, 0.1) is 13.8 Å². The summed E-state index contributed by atoms with van der Waals surface area (Å²) in [6.45, 7) is 3.79. The second-order valence-electron chi connectivity index (χ2n) is 7.30. The molecule has 5 rings (SSSR count). The number of rotatable bonds is 3. The smallest absolute Gasteiger partial charge is 0.297 e. The number of aryl methyl sites for hydroxylation is 2. The molecule has 0 saturated heterocycles. The quantitative estimate of drug-likeness (QED) is 0.485. The first kappa shape index (κ1) is 18.6. The van der Waals surface area contributed by atoms with E-state index in [0.29, 0.717) is 27.4 Å². The molecule has 0 aliphatic carbocycles. The lowest BCUT2D eigenvalue weighted by Crippen LogP contribution is -2.29. The van der Waals surface area contributed by atoms with E-state index in [4.69, 9.17) is 9.15 Å². The molecule has 2 aromatic heterocycles. The van der Waals surface area contributed by atoms with E-state index in [9.17, 15) is 9.59 Å². The van der Waals surface area contributed by atoms with Gasteiger partial charge in [-0.3, -0.25) is 14.5 Å². The van der Waals surface area contributed by atoms with Crippen molar-refractivity contribution in [2.24, 2.45) is 0 Å². The van der Waals surface area contributed by atoms with Crippen molar-refractivity contribution in [3.8, 4) is 5.75 Å². The predicted molar refractivity (Wildman–Crippen MR) is 116 cm³/mol. The summed E-state index contributed by atoms with van der Waals surface area (Å²) < 4.78 is 11.2. The van der Waals surface area contributed by atoms with Crippen molar-refractivity contribution in [3.63, 3.8) is 0 Å². The van der Waals surface area contributed by atoms with E-state index in [0.717, 1.165) is 16.8 Å². The topological polar surface area (TPSA) is 72.6 Å². The van der Waals surface area contributed by atoms with E-state index in [1.165, 1.54) is 11.3 Å². The summed E-state index contributed by atoms with van der Waals surface area (Å²) in [6.07, 6.45) is 0. The number of benzene rings is 2. The minimum absolute atomic E-state index is 0.0741. The van der Waals surface area contributed by atoms with Crippen molar-refractivity contribution in [2.75, 3.05) is 12.0 Å². The van der Waals surface area contributed by atoms with Crippen LogP contribution in [0.2, 0.25) is 0 Å². The van der Waals surface area contributed by atoms with E-state index in [-0.39, 0.29) is 17.1 Å². The summed E-state index contributed by atoms with van der Waals surface area (Å²) in [5, 5.41) is 2.88. The number of hydrogen-bond acceptors (Lipinski definition) is 6. The summed E-state index contributed by atoms with van der Waals surface area (Å²) in [4.78, 5) is 33.0. The molecule has 0 radical (unpaired) electrons. The van der Waals surface area contributed by atoms with Crippen LogP contribution in [-0.2, 0) is 0 Å². The van der Waals surface area contributed by atoms with Crippen LogP contribution in [0.5, 0.6) is 5.75 Å². The molecule has 0 bridgehead atoms. The number of nitrogens with zero attached hydrogens (tertiary/aromatic N) is 2. The summed E-state index contributed by atoms with van der Waals surface area (Å²) in [7, 11) is 1.59. The van der Waals surface area contributed by atoms with Gasteiger partial charge in [-0.25, -0.2) is 4.98 Å². The monoisotopic (exact) mass is 418 g/mol. The molecule has 0 saturated carbocycles. The fraction of sp³-hybridized carbons (Fsp3) is 0.174. The summed E-state index contributed by atoms with van der Waals surface area (Å²) in [5.41, 5.74) is 3.11. The summed E-state index contributed by atoms with van der Waals surface area (Å²) in [6, 6.07) is 12.1. The Morgan fingerprint density at radius 3 is 2.53 bits per heavy atom. The van der Waals surface area contributed by atoms with Crippen LogP contribution < -0.4 is 15.1 Å². The Hall–Kier alpha value is -3.45. The third-order valence-corrected chi connectivity index (χ3v) is 6.23. The predicted octanol–water partition coefficient (Wildman–Crippen LogP) is 4.62. The van der Waals surface area contributed by atoms with E-state index in [2.05, 4.69) is 4.98 Å². The number of ether oxygens (including phenoxy) is 1. The number of aromatic nitrogens is 1. The molecular formula is C23H18N2O4S. The SMILES string of the molecule is COc1ccc([C@H]2c3c(oc4ccc(C)cc4c3=O)C(=O)N2c2nc(C)cs2)cc1. The van der Waals surface area contributed by atoms with Crippen molar-refractivity contribution in [1.29, 1.82) is 0 Å². The van der Waals surface area contributed by atoms with Crippen molar-refractivity contribution in [3.05, 3.63) is 86.2 Å². The summed E-state index contributed by atoms with van der Waals surface area (Å²) in [5.74, 6) is 0.408. The van der Waals surface area contributed by atoms with Gasteiger partial charge in [0.25, 0.3) is 5.91 Å². The molecule has 3 heterocycles. The zero-order chi connectivity index (χ0) is 21.0. The van der Waals surface area contributed by atoms with Crippen molar-refractivity contribution in [1.82, 2.24) is 4.98 Å².